The first-order valence-electron chi connectivity index (χ1n) is 4.63. The second-order valence-corrected chi connectivity index (χ2v) is 3.74. The first kappa shape index (κ1) is 10.7. The lowest BCUT2D eigenvalue weighted by Gasteiger charge is -2.16. The Balaban J connectivity index is 2.84. The fourth-order valence-electron chi connectivity index (χ4n) is 1.34. The first-order chi connectivity index (χ1) is 6.29. The number of halogens is 1. The quantitative estimate of drug-likeness (QED) is 0.879. The van der Waals surface area contributed by atoms with Crippen LogP contribution in [0.3, 0.4) is 0 Å². The average molecular weight is 243 g/mol. The number of hydrogen-bond acceptors (Lipinski definition) is 2. The van der Waals surface area contributed by atoms with Crippen molar-refractivity contribution in [2.24, 2.45) is 0 Å². The van der Waals surface area contributed by atoms with Gasteiger partial charge in [0.05, 0.1) is 11.7 Å². The van der Waals surface area contributed by atoms with E-state index in [0.717, 1.165) is 23.1 Å². The van der Waals surface area contributed by atoms with Gasteiger partial charge in [-0.1, -0.05) is 13.8 Å². The second-order valence-electron chi connectivity index (χ2n) is 2.89. The SMILES string of the molecule is CCNC(CC)c1ncccc1Br. The zero-order valence-electron chi connectivity index (χ0n) is 8.05. The summed E-state index contributed by atoms with van der Waals surface area (Å²) >= 11 is 3.51. The van der Waals surface area contributed by atoms with Crippen molar-refractivity contribution in [1.82, 2.24) is 10.3 Å². The summed E-state index contributed by atoms with van der Waals surface area (Å²) in [6.07, 6.45) is 2.89. The molecule has 13 heavy (non-hydrogen) atoms. The second kappa shape index (κ2) is 5.35. The Hall–Kier alpha value is -0.410. The highest BCUT2D eigenvalue weighted by molar-refractivity contribution is 9.10. The normalized spacial score (nSPS) is 12.8. The fourth-order valence-corrected chi connectivity index (χ4v) is 1.87. The van der Waals surface area contributed by atoms with Gasteiger partial charge in [-0.25, -0.2) is 0 Å². The van der Waals surface area contributed by atoms with E-state index < -0.39 is 0 Å². The maximum Gasteiger partial charge on any atom is 0.0714 e. The van der Waals surface area contributed by atoms with Crippen LogP contribution in [0.5, 0.6) is 0 Å². The maximum atomic E-state index is 4.36. The molecule has 0 spiro atoms. The van der Waals surface area contributed by atoms with Crippen molar-refractivity contribution in [2.75, 3.05) is 6.54 Å². The highest BCUT2D eigenvalue weighted by Crippen LogP contribution is 2.22. The zero-order chi connectivity index (χ0) is 9.68. The topological polar surface area (TPSA) is 24.9 Å². The Morgan fingerprint density at radius 2 is 2.31 bits per heavy atom. The third-order valence-electron chi connectivity index (χ3n) is 1.98. The third-order valence-corrected chi connectivity index (χ3v) is 2.65. The Kier molecular flexibility index (Phi) is 4.39. The lowest BCUT2D eigenvalue weighted by molar-refractivity contribution is 0.522. The monoisotopic (exact) mass is 242 g/mol. The molecule has 1 rings (SSSR count). The molecule has 0 fully saturated rings. The van der Waals surface area contributed by atoms with Crippen LogP contribution < -0.4 is 5.32 Å². The number of nitrogens with zero attached hydrogens (tertiary/aromatic N) is 1. The van der Waals surface area contributed by atoms with Crippen molar-refractivity contribution < 1.29 is 0 Å². The zero-order valence-corrected chi connectivity index (χ0v) is 9.63. The minimum atomic E-state index is 0.362. The molecule has 0 amide bonds. The number of rotatable bonds is 4. The molecule has 3 heteroatoms. The minimum absolute atomic E-state index is 0.362. The Morgan fingerprint density at radius 1 is 1.54 bits per heavy atom. The molecule has 0 aliphatic carbocycles. The van der Waals surface area contributed by atoms with E-state index in [-0.39, 0.29) is 0 Å². The van der Waals surface area contributed by atoms with Crippen LogP contribution in [-0.2, 0) is 0 Å². The van der Waals surface area contributed by atoms with Crippen molar-refractivity contribution in [3.63, 3.8) is 0 Å². The van der Waals surface area contributed by atoms with Gasteiger partial charge in [0.1, 0.15) is 0 Å². The van der Waals surface area contributed by atoms with Gasteiger partial charge in [0.25, 0.3) is 0 Å². The maximum absolute atomic E-state index is 4.36. The van der Waals surface area contributed by atoms with Crippen LogP contribution in [0, 0.1) is 0 Å². The molecule has 1 N–H and O–H groups in total. The third kappa shape index (κ3) is 2.78. The van der Waals surface area contributed by atoms with Crippen molar-refractivity contribution in [3.05, 3.63) is 28.5 Å². The van der Waals surface area contributed by atoms with Gasteiger partial charge in [0.2, 0.25) is 0 Å². The van der Waals surface area contributed by atoms with E-state index in [2.05, 4.69) is 40.1 Å². The van der Waals surface area contributed by atoms with Gasteiger partial charge < -0.3 is 5.32 Å². The van der Waals surface area contributed by atoms with Crippen LogP contribution >= 0.6 is 15.9 Å². The molecule has 0 aliphatic rings. The molecule has 1 atom stereocenters. The van der Waals surface area contributed by atoms with Crippen LogP contribution in [0.15, 0.2) is 22.8 Å². The smallest absolute Gasteiger partial charge is 0.0714 e. The summed E-state index contributed by atoms with van der Waals surface area (Å²) in [6.45, 7) is 5.25. The van der Waals surface area contributed by atoms with E-state index in [1.165, 1.54) is 0 Å². The lowest BCUT2D eigenvalue weighted by atomic mass is 10.1. The molecule has 2 nitrogen and oxygen atoms in total. The Bertz CT molecular complexity index is 263. The Labute approximate surface area is 87.9 Å². The van der Waals surface area contributed by atoms with Crippen LogP contribution in [0.1, 0.15) is 32.0 Å². The van der Waals surface area contributed by atoms with E-state index in [1.807, 2.05) is 18.3 Å². The first-order valence-corrected chi connectivity index (χ1v) is 5.42. The van der Waals surface area contributed by atoms with Gasteiger partial charge in [-0.15, -0.1) is 0 Å². The fraction of sp³-hybridized carbons (Fsp3) is 0.500. The summed E-state index contributed by atoms with van der Waals surface area (Å²) in [4.78, 5) is 4.36. The van der Waals surface area contributed by atoms with Crippen LogP contribution in [0.25, 0.3) is 0 Å². The van der Waals surface area contributed by atoms with Gasteiger partial charge in [-0.3, -0.25) is 4.98 Å². The molecule has 0 bridgehead atoms. The Morgan fingerprint density at radius 3 is 2.85 bits per heavy atom. The summed E-state index contributed by atoms with van der Waals surface area (Å²) in [5.74, 6) is 0. The summed E-state index contributed by atoms with van der Waals surface area (Å²) in [5, 5.41) is 3.40. The van der Waals surface area contributed by atoms with Gasteiger partial charge in [-0.2, -0.15) is 0 Å². The number of pyridine rings is 1. The molecule has 1 unspecified atom stereocenters. The van der Waals surface area contributed by atoms with Gasteiger partial charge in [-0.05, 0) is 41.0 Å². The molecule has 1 heterocycles. The summed E-state index contributed by atoms with van der Waals surface area (Å²) in [5.41, 5.74) is 1.10. The molecule has 0 saturated heterocycles. The standard InChI is InChI=1S/C10H15BrN2/c1-3-9(12-4-2)10-8(11)6-5-7-13-10/h5-7,9,12H,3-4H2,1-2H3. The molecule has 1 aromatic heterocycles. The van der Waals surface area contributed by atoms with Crippen molar-refractivity contribution in [2.45, 2.75) is 26.3 Å². The molecule has 0 aromatic carbocycles. The van der Waals surface area contributed by atoms with Crippen LogP contribution in [-0.4, -0.2) is 11.5 Å². The summed E-state index contributed by atoms with van der Waals surface area (Å²) in [7, 11) is 0. The molecule has 0 aliphatic heterocycles. The van der Waals surface area contributed by atoms with Crippen molar-refractivity contribution in [1.29, 1.82) is 0 Å². The van der Waals surface area contributed by atoms with E-state index in [4.69, 9.17) is 0 Å². The number of aromatic nitrogens is 1. The molecule has 0 saturated carbocycles. The predicted molar refractivity (Wildman–Crippen MR) is 58.6 cm³/mol. The molecule has 72 valence electrons. The van der Waals surface area contributed by atoms with E-state index in [1.54, 1.807) is 0 Å². The molecule has 1 aromatic rings. The van der Waals surface area contributed by atoms with E-state index in [0.29, 0.717) is 6.04 Å². The average Bonchev–Trinajstić information content (AvgIpc) is 2.16. The van der Waals surface area contributed by atoms with Gasteiger partial charge in [0.15, 0.2) is 0 Å². The minimum Gasteiger partial charge on any atom is -0.309 e. The number of nitrogens with one attached hydrogen (secondary N) is 1. The highest BCUT2D eigenvalue weighted by Gasteiger charge is 2.11. The highest BCUT2D eigenvalue weighted by atomic mass is 79.9. The molecular weight excluding hydrogens is 228 g/mol. The molecular formula is C10H15BrN2. The molecule has 0 radical (unpaired) electrons. The van der Waals surface area contributed by atoms with E-state index in [9.17, 15) is 0 Å². The van der Waals surface area contributed by atoms with E-state index >= 15 is 0 Å². The lowest BCUT2D eigenvalue weighted by Crippen LogP contribution is -2.21. The predicted octanol–water partition coefficient (Wildman–Crippen LogP) is 2.90. The van der Waals surface area contributed by atoms with Gasteiger partial charge in [0, 0.05) is 10.7 Å². The van der Waals surface area contributed by atoms with Crippen molar-refractivity contribution in [3.8, 4) is 0 Å². The van der Waals surface area contributed by atoms with Crippen LogP contribution in [0.4, 0.5) is 0 Å². The number of hydrogen-bond donors (Lipinski definition) is 1. The largest absolute Gasteiger partial charge is 0.309 e. The van der Waals surface area contributed by atoms with Gasteiger partial charge >= 0.3 is 0 Å². The summed E-state index contributed by atoms with van der Waals surface area (Å²) < 4.78 is 1.09. The van der Waals surface area contributed by atoms with Crippen molar-refractivity contribution >= 4 is 15.9 Å². The van der Waals surface area contributed by atoms with Crippen LogP contribution in [0.2, 0.25) is 0 Å². The summed E-state index contributed by atoms with van der Waals surface area (Å²) in [6, 6.07) is 4.33.